The number of benzene rings is 6. The molecule has 230 valence electrons. The van der Waals surface area contributed by atoms with Crippen LogP contribution in [0.1, 0.15) is 0 Å². The SMILES string of the molecule is c1ccc(-c2cc(-c3ccccc3)nc(-c3ccc4c(c3)sc3cccc(-c5cc(-c6ccccc6)nc(-c6ccccc6)n5)c34)n2)cc1. The lowest BCUT2D eigenvalue weighted by Crippen LogP contribution is -1.96. The zero-order valence-electron chi connectivity index (χ0n) is 26.4. The van der Waals surface area contributed by atoms with Gasteiger partial charge in [-0.1, -0.05) is 146 Å². The Hall–Kier alpha value is -6.30. The minimum atomic E-state index is 0.704. The summed E-state index contributed by atoms with van der Waals surface area (Å²) in [6.07, 6.45) is 0. The summed E-state index contributed by atoms with van der Waals surface area (Å²) in [5.74, 6) is 1.41. The fourth-order valence-corrected chi connectivity index (χ4v) is 7.50. The van der Waals surface area contributed by atoms with E-state index in [1.165, 1.54) is 20.2 Å². The maximum absolute atomic E-state index is 5.15. The van der Waals surface area contributed by atoms with Crippen LogP contribution in [0.25, 0.3) is 88.0 Å². The van der Waals surface area contributed by atoms with E-state index in [2.05, 4.69) is 97.1 Å². The topological polar surface area (TPSA) is 51.6 Å². The lowest BCUT2D eigenvalue weighted by molar-refractivity contribution is 1.18. The zero-order valence-corrected chi connectivity index (χ0v) is 27.2. The number of rotatable bonds is 6. The molecule has 0 N–H and O–H groups in total. The van der Waals surface area contributed by atoms with Crippen molar-refractivity contribution in [1.29, 1.82) is 0 Å². The third-order valence-electron chi connectivity index (χ3n) is 8.72. The van der Waals surface area contributed by atoms with Gasteiger partial charge in [-0.2, -0.15) is 0 Å². The highest BCUT2D eigenvalue weighted by Gasteiger charge is 2.17. The molecule has 3 heterocycles. The Morgan fingerprint density at radius 2 is 0.796 bits per heavy atom. The van der Waals surface area contributed by atoms with Crippen molar-refractivity contribution in [3.63, 3.8) is 0 Å². The first-order valence-electron chi connectivity index (χ1n) is 16.2. The van der Waals surface area contributed by atoms with E-state index in [0.717, 1.165) is 56.2 Å². The average molecular weight is 645 g/mol. The fraction of sp³-hybridized carbons (Fsp3) is 0. The van der Waals surface area contributed by atoms with Crippen molar-refractivity contribution < 1.29 is 0 Å². The molecule has 4 nitrogen and oxygen atoms in total. The second-order valence-electron chi connectivity index (χ2n) is 11.9. The van der Waals surface area contributed by atoms with Crippen LogP contribution in [0.5, 0.6) is 0 Å². The molecular formula is C44H28N4S. The van der Waals surface area contributed by atoms with Gasteiger partial charge in [0.2, 0.25) is 0 Å². The summed E-state index contributed by atoms with van der Waals surface area (Å²) in [4.78, 5) is 20.3. The summed E-state index contributed by atoms with van der Waals surface area (Å²) < 4.78 is 2.38. The Kier molecular flexibility index (Phi) is 7.30. The van der Waals surface area contributed by atoms with Crippen LogP contribution < -0.4 is 0 Å². The Balaban J connectivity index is 1.20. The molecule has 0 bridgehead atoms. The van der Waals surface area contributed by atoms with Crippen molar-refractivity contribution in [3.05, 3.63) is 170 Å². The smallest absolute Gasteiger partial charge is 0.160 e. The highest BCUT2D eigenvalue weighted by atomic mass is 32.1. The van der Waals surface area contributed by atoms with Crippen LogP contribution in [0, 0.1) is 0 Å². The van der Waals surface area contributed by atoms with Crippen LogP contribution in [0.4, 0.5) is 0 Å². The van der Waals surface area contributed by atoms with Gasteiger partial charge >= 0.3 is 0 Å². The molecule has 6 aromatic carbocycles. The van der Waals surface area contributed by atoms with Gasteiger partial charge in [-0.05, 0) is 24.3 Å². The molecule has 0 fully saturated rings. The van der Waals surface area contributed by atoms with Gasteiger partial charge in [0.1, 0.15) is 0 Å². The number of thiophene rings is 1. The van der Waals surface area contributed by atoms with E-state index in [-0.39, 0.29) is 0 Å². The molecule has 0 atom stereocenters. The summed E-state index contributed by atoms with van der Waals surface area (Å²) in [5.41, 5.74) is 9.82. The Labute approximate surface area is 288 Å². The number of hydrogen-bond acceptors (Lipinski definition) is 5. The highest BCUT2D eigenvalue weighted by molar-refractivity contribution is 7.26. The van der Waals surface area contributed by atoms with Crippen molar-refractivity contribution in [2.24, 2.45) is 0 Å². The first-order valence-corrected chi connectivity index (χ1v) is 17.0. The maximum Gasteiger partial charge on any atom is 0.160 e. The lowest BCUT2D eigenvalue weighted by Gasteiger charge is -2.11. The van der Waals surface area contributed by atoms with Crippen LogP contribution >= 0.6 is 11.3 Å². The molecule has 0 amide bonds. The maximum atomic E-state index is 5.15. The predicted octanol–water partition coefficient (Wildman–Crippen LogP) is 11.6. The van der Waals surface area contributed by atoms with Gasteiger partial charge in [0.05, 0.1) is 22.8 Å². The minimum Gasteiger partial charge on any atom is -0.228 e. The van der Waals surface area contributed by atoms with Gasteiger partial charge < -0.3 is 0 Å². The van der Waals surface area contributed by atoms with Gasteiger partial charge in [-0.15, -0.1) is 11.3 Å². The molecule has 0 saturated carbocycles. The number of nitrogens with zero attached hydrogens (tertiary/aromatic N) is 4. The number of aromatic nitrogens is 4. The third kappa shape index (κ3) is 5.56. The highest BCUT2D eigenvalue weighted by Crippen LogP contribution is 2.42. The van der Waals surface area contributed by atoms with Gasteiger partial charge in [-0.3, -0.25) is 0 Å². The largest absolute Gasteiger partial charge is 0.228 e. The summed E-state index contributed by atoms with van der Waals surface area (Å²) in [7, 11) is 0. The Morgan fingerprint density at radius 1 is 0.327 bits per heavy atom. The lowest BCUT2D eigenvalue weighted by atomic mass is 10.0. The molecule has 0 spiro atoms. The van der Waals surface area contributed by atoms with Crippen LogP contribution in [0.3, 0.4) is 0 Å². The molecule has 3 aromatic heterocycles. The molecule has 49 heavy (non-hydrogen) atoms. The third-order valence-corrected chi connectivity index (χ3v) is 9.84. The molecular weight excluding hydrogens is 617 g/mol. The molecule has 0 aliphatic carbocycles. The second-order valence-corrected chi connectivity index (χ2v) is 13.0. The van der Waals surface area contributed by atoms with Gasteiger partial charge in [0, 0.05) is 53.6 Å². The van der Waals surface area contributed by atoms with E-state index in [9.17, 15) is 0 Å². The fourth-order valence-electron chi connectivity index (χ4n) is 6.33. The molecule has 9 rings (SSSR count). The average Bonchev–Trinajstić information content (AvgIpc) is 3.57. The van der Waals surface area contributed by atoms with Crippen molar-refractivity contribution in [2.45, 2.75) is 0 Å². The van der Waals surface area contributed by atoms with Crippen LogP contribution in [-0.4, -0.2) is 19.9 Å². The van der Waals surface area contributed by atoms with E-state index in [1.807, 2.05) is 72.8 Å². The van der Waals surface area contributed by atoms with E-state index in [0.29, 0.717) is 11.6 Å². The molecule has 0 saturated heterocycles. The normalized spacial score (nSPS) is 11.3. The van der Waals surface area contributed by atoms with Gasteiger partial charge in [-0.25, -0.2) is 19.9 Å². The van der Waals surface area contributed by atoms with Gasteiger partial charge in [0.25, 0.3) is 0 Å². The second kappa shape index (κ2) is 12.4. The summed E-state index contributed by atoms with van der Waals surface area (Å²) in [6.45, 7) is 0. The molecule has 0 aliphatic rings. The van der Waals surface area contributed by atoms with Gasteiger partial charge in [0.15, 0.2) is 11.6 Å². The number of fused-ring (bicyclic) bond motifs is 3. The van der Waals surface area contributed by atoms with E-state index < -0.39 is 0 Å². The predicted molar refractivity (Wildman–Crippen MR) is 203 cm³/mol. The first-order chi connectivity index (χ1) is 24.3. The summed E-state index contributed by atoms with van der Waals surface area (Å²) in [5, 5.41) is 2.37. The molecule has 0 aliphatic heterocycles. The molecule has 5 heteroatoms. The Morgan fingerprint density at radius 3 is 1.35 bits per heavy atom. The quantitative estimate of drug-likeness (QED) is 0.181. The van der Waals surface area contributed by atoms with Crippen LogP contribution in [0.2, 0.25) is 0 Å². The minimum absolute atomic E-state index is 0.704. The molecule has 9 aromatic rings. The molecule has 0 unspecified atom stereocenters. The molecule has 0 radical (unpaired) electrons. The first kappa shape index (κ1) is 28.9. The Bertz CT molecular complexity index is 2470. The summed E-state index contributed by atoms with van der Waals surface area (Å²) in [6, 6.07) is 58.4. The van der Waals surface area contributed by atoms with E-state index in [4.69, 9.17) is 19.9 Å². The summed E-state index contributed by atoms with van der Waals surface area (Å²) >= 11 is 1.78. The van der Waals surface area contributed by atoms with Crippen molar-refractivity contribution in [1.82, 2.24) is 19.9 Å². The van der Waals surface area contributed by atoms with Crippen molar-refractivity contribution in [2.75, 3.05) is 0 Å². The number of hydrogen-bond donors (Lipinski definition) is 0. The monoisotopic (exact) mass is 644 g/mol. The van der Waals surface area contributed by atoms with E-state index >= 15 is 0 Å². The van der Waals surface area contributed by atoms with Crippen LogP contribution in [0.15, 0.2) is 170 Å². The van der Waals surface area contributed by atoms with Crippen molar-refractivity contribution in [3.8, 4) is 67.8 Å². The zero-order chi connectivity index (χ0) is 32.6. The van der Waals surface area contributed by atoms with Crippen molar-refractivity contribution >= 4 is 31.5 Å². The van der Waals surface area contributed by atoms with Crippen LogP contribution in [-0.2, 0) is 0 Å². The standard InChI is InChI=1S/C44H28N4S/c1-5-14-29(15-6-1)36-27-37(30-16-7-2-8-17-30)47-44(46-36)33-24-25-35-41(26-33)49-40-23-13-22-34(42(35)40)39-28-38(31-18-9-3-10-19-31)45-43(48-39)32-20-11-4-12-21-32/h1-28H. The van der Waals surface area contributed by atoms with E-state index in [1.54, 1.807) is 11.3 Å².